The molecule has 0 aliphatic heterocycles. The second-order valence-corrected chi connectivity index (χ2v) is 6.34. The van der Waals surface area contributed by atoms with Crippen molar-refractivity contribution in [3.8, 4) is 0 Å². The molecule has 0 unspecified atom stereocenters. The molecule has 1 aromatic heterocycles. The van der Waals surface area contributed by atoms with Gasteiger partial charge in [-0.25, -0.2) is 0 Å². The zero-order valence-corrected chi connectivity index (χ0v) is 12.8. The first-order chi connectivity index (χ1) is 9.51. The van der Waals surface area contributed by atoms with Gasteiger partial charge in [-0.2, -0.15) is 8.75 Å². The van der Waals surface area contributed by atoms with Gasteiger partial charge in [0.25, 0.3) is 0 Å². The zero-order valence-electron chi connectivity index (χ0n) is 10.4. The summed E-state index contributed by atoms with van der Waals surface area (Å²) in [4.78, 5) is 12.4. The molecule has 1 aliphatic carbocycles. The minimum atomic E-state index is -0.821. The molecule has 0 saturated heterocycles. The summed E-state index contributed by atoms with van der Waals surface area (Å²) in [6, 6.07) is 1.56. The van der Waals surface area contributed by atoms with Crippen molar-refractivity contribution in [1.29, 1.82) is 0 Å². The molecule has 0 atom stereocenters. The van der Waals surface area contributed by atoms with Crippen LogP contribution in [0.1, 0.15) is 25.7 Å². The molecule has 1 heterocycles. The Bertz CT molecular complexity index is 681. The van der Waals surface area contributed by atoms with E-state index in [-0.39, 0.29) is 5.91 Å². The van der Waals surface area contributed by atoms with Gasteiger partial charge in [-0.15, -0.1) is 0 Å². The van der Waals surface area contributed by atoms with Gasteiger partial charge >= 0.3 is 0 Å². The summed E-state index contributed by atoms with van der Waals surface area (Å²) in [5.41, 5.74) is 6.78. The number of hydrogen-bond acceptors (Lipinski definition) is 5. The lowest BCUT2D eigenvalue weighted by Crippen LogP contribution is -2.48. The highest BCUT2D eigenvalue weighted by Gasteiger charge is 2.37. The molecular weight excluding hydrogens is 319 g/mol. The standard InChI is InChI=1S/C12H12Cl2N4OS/c13-6-5-7(14)9-10(18-20-17-9)8(6)16-11(19)12(15)3-1-2-4-12/h5H,1-4,15H2,(H,16,19). The van der Waals surface area contributed by atoms with E-state index in [1.807, 2.05) is 0 Å². The van der Waals surface area contributed by atoms with E-state index in [1.54, 1.807) is 6.07 Å². The van der Waals surface area contributed by atoms with Gasteiger partial charge in [-0.3, -0.25) is 4.79 Å². The Labute approximate surface area is 129 Å². The second kappa shape index (κ2) is 5.11. The van der Waals surface area contributed by atoms with E-state index in [4.69, 9.17) is 28.9 Å². The number of nitrogens with two attached hydrogens (primary N) is 1. The summed E-state index contributed by atoms with van der Waals surface area (Å²) in [6.07, 6.45) is 3.29. The third-order valence-electron chi connectivity index (χ3n) is 3.63. The molecule has 20 heavy (non-hydrogen) atoms. The van der Waals surface area contributed by atoms with Crippen LogP contribution in [0.3, 0.4) is 0 Å². The molecule has 1 fully saturated rings. The first-order valence-electron chi connectivity index (χ1n) is 6.22. The van der Waals surface area contributed by atoms with Crippen molar-refractivity contribution in [3.63, 3.8) is 0 Å². The van der Waals surface area contributed by atoms with Gasteiger partial charge in [0.1, 0.15) is 11.0 Å². The Hall–Kier alpha value is -0.950. The third kappa shape index (κ3) is 2.26. The molecule has 0 spiro atoms. The number of nitrogens with one attached hydrogen (secondary N) is 1. The molecule has 3 N–H and O–H groups in total. The van der Waals surface area contributed by atoms with Crippen molar-refractivity contribution in [3.05, 3.63) is 16.1 Å². The number of halogens is 2. The smallest absolute Gasteiger partial charge is 0.244 e. The predicted molar refractivity (Wildman–Crippen MR) is 81.5 cm³/mol. The highest BCUT2D eigenvalue weighted by atomic mass is 35.5. The number of amides is 1. The molecule has 1 aliphatic rings. The minimum Gasteiger partial charge on any atom is -0.321 e. The third-order valence-corrected chi connectivity index (χ3v) is 4.75. The SMILES string of the molecule is NC1(C(=O)Nc2c(Cl)cc(Cl)c3nsnc23)CCCC1. The maximum absolute atomic E-state index is 12.4. The van der Waals surface area contributed by atoms with Crippen LogP contribution in [0.15, 0.2) is 6.07 Å². The van der Waals surface area contributed by atoms with Crippen molar-refractivity contribution in [2.75, 3.05) is 5.32 Å². The molecule has 0 bridgehead atoms. The number of benzene rings is 1. The van der Waals surface area contributed by atoms with Crippen LogP contribution in [0.5, 0.6) is 0 Å². The summed E-state index contributed by atoms with van der Waals surface area (Å²) in [5, 5.41) is 3.55. The molecule has 106 valence electrons. The number of fused-ring (bicyclic) bond motifs is 1. The van der Waals surface area contributed by atoms with E-state index in [2.05, 4.69) is 14.1 Å². The van der Waals surface area contributed by atoms with E-state index >= 15 is 0 Å². The van der Waals surface area contributed by atoms with Gasteiger partial charge < -0.3 is 11.1 Å². The number of rotatable bonds is 2. The van der Waals surface area contributed by atoms with Gasteiger partial charge in [-0.05, 0) is 18.9 Å². The quantitative estimate of drug-likeness (QED) is 0.885. The lowest BCUT2D eigenvalue weighted by Gasteiger charge is -2.22. The van der Waals surface area contributed by atoms with Crippen LogP contribution in [-0.2, 0) is 4.79 Å². The largest absolute Gasteiger partial charge is 0.321 e. The van der Waals surface area contributed by atoms with E-state index < -0.39 is 5.54 Å². The second-order valence-electron chi connectivity index (χ2n) is 4.99. The topological polar surface area (TPSA) is 80.9 Å². The minimum absolute atomic E-state index is 0.228. The Balaban J connectivity index is 1.99. The van der Waals surface area contributed by atoms with E-state index in [9.17, 15) is 4.79 Å². The van der Waals surface area contributed by atoms with Crippen LogP contribution < -0.4 is 11.1 Å². The average Bonchev–Trinajstić information content (AvgIpc) is 3.03. The predicted octanol–water partition coefficient (Wildman–Crippen LogP) is 3.21. The fourth-order valence-corrected chi connectivity index (χ4v) is 3.62. The van der Waals surface area contributed by atoms with Crippen LogP contribution >= 0.6 is 34.9 Å². The van der Waals surface area contributed by atoms with E-state index in [0.29, 0.717) is 39.6 Å². The molecule has 2 aromatic rings. The van der Waals surface area contributed by atoms with Gasteiger partial charge in [0.05, 0.1) is 33.0 Å². The lowest BCUT2D eigenvalue weighted by molar-refractivity contribution is -0.120. The van der Waals surface area contributed by atoms with Crippen molar-refractivity contribution >= 4 is 57.6 Å². The van der Waals surface area contributed by atoms with Crippen molar-refractivity contribution in [1.82, 2.24) is 8.75 Å². The summed E-state index contributed by atoms with van der Waals surface area (Å²) in [6.45, 7) is 0. The highest BCUT2D eigenvalue weighted by molar-refractivity contribution is 7.00. The summed E-state index contributed by atoms with van der Waals surface area (Å²) >= 11 is 13.2. The van der Waals surface area contributed by atoms with Gasteiger partial charge in [0, 0.05) is 0 Å². The van der Waals surface area contributed by atoms with E-state index in [1.165, 1.54) is 0 Å². The van der Waals surface area contributed by atoms with Crippen molar-refractivity contribution in [2.45, 2.75) is 31.2 Å². The molecule has 1 saturated carbocycles. The molecule has 0 radical (unpaired) electrons. The van der Waals surface area contributed by atoms with Gasteiger partial charge in [-0.1, -0.05) is 36.0 Å². The Morgan fingerprint density at radius 1 is 1.25 bits per heavy atom. The molecule has 1 aromatic carbocycles. The number of carbonyl (C=O) groups is 1. The number of nitrogens with zero attached hydrogens (tertiary/aromatic N) is 2. The van der Waals surface area contributed by atoms with Gasteiger partial charge in [0.15, 0.2) is 0 Å². The lowest BCUT2D eigenvalue weighted by atomic mass is 9.98. The van der Waals surface area contributed by atoms with Crippen molar-refractivity contribution in [2.24, 2.45) is 5.73 Å². The van der Waals surface area contributed by atoms with E-state index in [0.717, 1.165) is 24.6 Å². The first kappa shape index (κ1) is 14.0. The average molecular weight is 331 g/mol. The molecule has 8 heteroatoms. The Morgan fingerprint density at radius 2 is 1.90 bits per heavy atom. The Kier molecular flexibility index (Phi) is 3.58. The molecular formula is C12H12Cl2N4OS. The zero-order chi connectivity index (χ0) is 14.3. The number of anilines is 1. The van der Waals surface area contributed by atoms with Crippen LogP contribution in [0.25, 0.3) is 11.0 Å². The summed E-state index contributed by atoms with van der Waals surface area (Å²) in [5.74, 6) is -0.228. The maximum Gasteiger partial charge on any atom is 0.244 e. The fourth-order valence-electron chi connectivity index (χ4n) is 2.46. The van der Waals surface area contributed by atoms with Crippen LogP contribution in [0, 0.1) is 0 Å². The number of aromatic nitrogens is 2. The monoisotopic (exact) mass is 330 g/mol. The Morgan fingerprint density at radius 3 is 2.60 bits per heavy atom. The maximum atomic E-state index is 12.4. The van der Waals surface area contributed by atoms with Crippen molar-refractivity contribution < 1.29 is 4.79 Å². The highest BCUT2D eigenvalue weighted by Crippen LogP contribution is 2.36. The fraction of sp³-hybridized carbons (Fsp3) is 0.417. The molecule has 5 nitrogen and oxygen atoms in total. The summed E-state index contributed by atoms with van der Waals surface area (Å²) in [7, 11) is 0. The normalized spacial score (nSPS) is 17.6. The van der Waals surface area contributed by atoms with Crippen LogP contribution in [0.2, 0.25) is 10.0 Å². The number of hydrogen-bond donors (Lipinski definition) is 2. The van der Waals surface area contributed by atoms with Gasteiger partial charge in [0.2, 0.25) is 5.91 Å². The van der Waals surface area contributed by atoms with Crippen LogP contribution in [0.4, 0.5) is 5.69 Å². The number of carbonyl (C=O) groups excluding carboxylic acids is 1. The first-order valence-corrected chi connectivity index (χ1v) is 7.70. The molecule has 1 amide bonds. The van der Waals surface area contributed by atoms with Crippen LogP contribution in [-0.4, -0.2) is 20.2 Å². The summed E-state index contributed by atoms with van der Waals surface area (Å²) < 4.78 is 8.25. The molecule has 3 rings (SSSR count).